The van der Waals surface area contributed by atoms with E-state index in [0.29, 0.717) is 0 Å². The van der Waals surface area contributed by atoms with Gasteiger partial charge in [-0.1, -0.05) is 266 Å². The van der Waals surface area contributed by atoms with Crippen molar-refractivity contribution < 1.29 is 146 Å². The summed E-state index contributed by atoms with van der Waals surface area (Å²) in [6.07, 6.45) is 69.6. The Labute approximate surface area is 651 Å². The average molecular weight is 1730 g/mol. The first-order chi connectivity index (χ1) is 43.1. The number of aryl methyl sites for hydroxylation is 4. The normalized spacial score (nSPS) is 17.2. The molecule has 0 fully saturated rings. The molecule has 4 aromatic heterocycles. The first kappa shape index (κ1) is 93.1. The Morgan fingerprint density at radius 2 is 0.375 bits per heavy atom. The average Bonchev–Trinajstić information content (AvgIpc) is 1.65. The molecule has 20 heteroatoms. The molecule has 0 aliphatic heterocycles. The molecule has 0 unspecified atom stereocenters. The van der Waals surface area contributed by atoms with E-state index in [1.165, 1.54) is 125 Å². The summed E-state index contributed by atoms with van der Waals surface area (Å²) in [5.41, 5.74) is 8.14. The summed E-state index contributed by atoms with van der Waals surface area (Å²) in [6.45, 7) is 8.47. The summed E-state index contributed by atoms with van der Waals surface area (Å²) in [4.78, 5) is 0. The van der Waals surface area contributed by atoms with Gasteiger partial charge in [-0.15, -0.1) is 0 Å². The van der Waals surface area contributed by atoms with Crippen molar-refractivity contribution in [1.82, 2.24) is 39.6 Å². The summed E-state index contributed by atoms with van der Waals surface area (Å²) in [7, 11) is 7.69. The van der Waals surface area contributed by atoms with Crippen molar-refractivity contribution in [1.29, 1.82) is 0 Å². The molecule has 4 aromatic carbocycles. The van der Waals surface area contributed by atoms with Gasteiger partial charge in [-0.3, -0.25) is 0 Å². The Bertz CT molecular complexity index is 2960. The molecule has 12 rings (SSSR count). The smallest absolute Gasteiger partial charge is 0.124 e. The second-order valence-electron chi connectivity index (χ2n) is 22.4. The Kier molecular flexibility index (Phi) is 52.3. The number of hydrogen-bond acceptors (Lipinski definition) is 4. The largest absolute Gasteiger partial charge is 1.00 e. The van der Waals surface area contributed by atoms with Crippen LogP contribution in [0.3, 0.4) is 0 Å². The Hall–Kier alpha value is -4.99. The number of benzene rings is 4. The standard InChI is InChI=1S/2C22H24N6.4C8H12.4ClH.4Rh/c2*1-17(19-11-7-5-8-12-19)27-15-21(25(3)23-27)22-16-28(24-26(22)4)18(2)20-13-9-6-10-14-20;4*1-2-4-6-8-7-5-3-1;;;;;;;;/h2*5-14,17-18H,1-4H3;4*1-2,7-8H,3-6H2;4*1H;;;;/p-4/b;;4*2-1-,8-7-;;;;;;;;/t2*17-,18-;;;;;;;;;;;;/m11............/s1. The van der Waals surface area contributed by atoms with Gasteiger partial charge in [0, 0.05) is 98.8 Å². The zero-order valence-corrected chi connectivity index (χ0v) is 66.2. The van der Waals surface area contributed by atoms with Gasteiger partial charge in [-0.05, 0) is 153 Å². The predicted octanol–water partition coefficient (Wildman–Crippen LogP) is 3.13. The molecule has 8 aromatic rings. The molecule has 4 atom stereocenters. The third-order valence-electron chi connectivity index (χ3n) is 15.5. The van der Waals surface area contributed by atoms with Crippen LogP contribution in [0.5, 0.6) is 0 Å². The second-order valence-corrected chi connectivity index (χ2v) is 22.4. The maximum atomic E-state index is 4.62. The molecule has 4 heterocycles. The van der Waals surface area contributed by atoms with Crippen molar-refractivity contribution in [2.24, 2.45) is 28.2 Å². The number of aromatic nitrogens is 12. The van der Waals surface area contributed by atoms with E-state index in [2.05, 4.69) is 219 Å². The number of allylic oxidation sites excluding steroid dienone is 16. The number of halogens is 4. The summed E-state index contributed by atoms with van der Waals surface area (Å²) >= 11 is 0. The summed E-state index contributed by atoms with van der Waals surface area (Å²) in [5, 5.41) is 18.5. The van der Waals surface area contributed by atoms with E-state index in [4.69, 9.17) is 0 Å². The van der Waals surface area contributed by atoms with Crippen LogP contribution in [-0.4, -0.2) is 39.6 Å². The van der Waals surface area contributed by atoms with Crippen molar-refractivity contribution in [3.05, 3.63) is 266 Å². The minimum atomic E-state index is 0. The van der Waals surface area contributed by atoms with Crippen LogP contribution >= 0.6 is 0 Å². The summed E-state index contributed by atoms with van der Waals surface area (Å²) in [6, 6.07) is 41.6. The molecule has 96 heavy (non-hydrogen) atoms. The molecule has 0 spiro atoms. The van der Waals surface area contributed by atoms with E-state index in [-0.39, 0.29) is 152 Å². The van der Waals surface area contributed by atoms with E-state index < -0.39 is 0 Å². The molecule has 4 aliphatic rings. The molecule has 4 radical (unpaired) electrons. The van der Waals surface area contributed by atoms with Gasteiger partial charge in [-0.25, -0.2) is 37.5 Å². The second kappa shape index (κ2) is 53.9. The van der Waals surface area contributed by atoms with Gasteiger partial charge >= 0.3 is 0 Å². The molecule has 0 amide bonds. The van der Waals surface area contributed by atoms with E-state index in [1.54, 1.807) is 0 Å². The molecule has 0 saturated carbocycles. The molecule has 0 saturated heterocycles. The first-order valence-corrected chi connectivity index (χ1v) is 32.0. The topological polar surface area (TPSA) is 86.8 Å². The Morgan fingerprint density at radius 3 is 0.500 bits per heavy atom. The van der Waals surface area contributed by atoms with Gasteiger partial charge in [0.25, 0.3) is 0 Å². The Morgan fingerprint density at radius 1 is 0.250 bits per heavy atom. The quantitative estimate of drug-likeness (QED) is 0.0914. The molecule has 0 bridgehead atoms. The third-order valence-corrected chi connectivity index (χ3v) is 15.5. The molecule has 0 N–H and O–H groups in total. The van der Waals surface area contributed by atoms with Crippen molar-refractivity contribution in [3.63, 3.8) is 0 Å². The fraction of sp³-hybridized carbons (Fsp3) is 0.368. The fourth-order valence-corrected chi connectivity index (χ4v) is 10.0. The fourth-order valence-electron chi connectivity index (χ4n) is 10.0. The van der Waals surface area contributed by atoms with Crippen molar-refractivity contribution >= 4 is 0 Å². The van der Waals surface area contributed by atoms with Gasteiger partial charge < -0.3 is 49.6 Å². The van der Waals surface area contributed by atoms with Crippen LogP contribution in [0.1, 0.15) is 177 Å². The van der Waals surface area contributed by atoms with Crippen LogP contribution in [0.4, 0.5) is 0 Å². The van der Waals surface area contributed by atoms with Crippen LogP contribution in [-0.2, 0) is 106 Å². The van der Waals surface area contributed by atoms with Gasteiger partial charge in [0.05, 0.1) is 28.2 Å². The molecule has 12 nitrogen and oxygen atoms in total. The summed E-state index contributed by atoms with van der Waals surface area (Å²) < 4.78 is 14.7. The van der Waals surface area contributed by atoms with E-state index >= 15 is 0 Å². The van der Waals surface area contributed by atoms with Crippen LogP contribution in [0.25, 0.3) is 22.8 Å². The van der Waals surface area contributed by atoms with Gasteiger partial charge in [-0.2, -0.15) is 0 Å². The summed E-state index contributed by atoms with van der Waals surface area (Å²) in [5.74, 6) is 0. The van der Waals surface area contributed by atoms with Crippen LogP contribution in [0.15, 0.2) is 219 Å². The van der Waals surface area contributed by atoms with Crippen molar-refractivity contribution in [2.45, 2.75) is 155 Å². The predicted molar refractivity (Wildman–Crippen MR) is 355 cm³/mol. The van der Waals surface area contributed by atoms with Gasteiger partial charge in [0.2, 0.25) is 0 Å². The van der Waals surface area contributed by atoms with E-state index in [0.717, 1.165) is 22.8 Å². The number of nitrogens with zero attached hydrogens (tertiary/aromatic N) is 12. The van der Waals surface area contributed by atoms with E-state index in [9.17, 15) is 0 Å². The SMILES string of the molecule is C1=C\CC/C=C\CC/1.C1=C\CC/C=C\CC/1.C1=C\CC/C=C\CC/1.C1=C\CC/C=C\CC/1.C[C@H](c1ccccc1)[n+]1[c-]c(-c2[c-][n+]([C@H](C)c3ccccc3)nn2C)n(C)n1.C[C@H](c1ccccc1)[n+]1[c-]c(-c2[c-][n+]([C@H](C)c3ccccc3)nn2C)n(C)n1.[Cl-].[Cl-].[Cl-].[Cl-].[Rh].[Rh].[Rh].[Rh]. The monoisotopic (exact) mass is 1730 g/mol. The maximum Gasteiger partial charge on any atom is 0.124 e. The van der Waals surface area contributed by atoms with Crippen LogP contribution in [0, 0.1) is 24.8 Å². The molecular formula is C76H96Cl4N12Rh4-4. The van der Waals surface area contributed by atoms with Crippen molar-refractivity contribution in [3.8, 4) is 22.8 Å². The molecule has 528 valence electrons. The van der Waals surface area contributed by atoms with E-state index in [1.807, 2.05) is 138 Å². The van der Waals surface area contributed by atoms with Crippen LogP contribution < -0.4 is 68.4 Å². The van der Waals surface area contributed by atoms with Gasteiger partial charge in [0.15, 0.2) is 0 Å². The zero-order valence-electron chi connectivity index (χ0n) is 56.6. The van der Waals surface area contributed by atoms with Crippen molar-refractivity contribution in [2.75, 3.05) is 0 Å². The minimum absolute atomic E-state index is 0. The van der Waals surface area contributed by atoms with Gasteiger partial charge in [0.1, 0.15) is 24.2 Å². The minimum Gasteiger partial charge on any atom is -1.00 e. The maximum absolute atomic E-state index is 4.62. The number of rotatable bonds is 10. The molecular weight excluding hydrogens is 1630 g/mol. The van der Waals surface area contributed by atoms with Crippen LogP contribution in [0.2, 0.25) is 0 Å². The third kappa shape index (κ3) is 31.9. The molecule has 4 aliphatic carbocycles. The number of hydrogen-bond donors (Lipinski definition) is 0. The Balaban J connectivity index is 0. The zero-order chi connectivity index (χ0) is 62.0. The first-order valence-electron chi connectivity index (χ1n) is 32.0.